The van der Waals surface area contributed by atoms with Crippen LogP contribution in [-0.4, -0.2) is 11.6 Å². The van der Waals surface area contributed by atoms with E-state index in [4.69, 9.17) is 34.8 Å². The number of carbonyl (C=O) groups is 1. The molecule has 0 unspecified atom stereocenters. The van der Waals surface area contributed by atoms with Crippen molar-refractivity contribution >= 4 is 57.8 Å². The van der Waals surface area contributed by atoms with Crippen LogP contribution in [0.5, 0.6) is 0 Å². The molecule has 3 aromatic carbocycles. The van der Waals surface area contributed by atoms with Gasteiger partial charge in [-0.05, 0) is 60.2 Å². The van der Waals surface area contributed by atoms with Gasteiger partial charge in [-0.25, -0.2) is 4.99 Å². The summed E-state index contributed by atoms with van der Waals surface area (Å²) >= 11 is 18.1. The van der Waals surface area contributed by atoms with Gasteiger partial charge >= 0.3 is 0 Å². The molecule has 0 spiro atoms. The molecule has 4 rings (SSSR count). The summed E-state index contributed by atoms with van der Waals surface area (Å²) in [5, 5.41) is 1.85. The molecule has 0 aromatic heterocycles. The Hall–Kier alpha value is -2.33. The Balaban J connectivity index is 1.77. The van der Waals surface area contributed by atoms with Crippen LogP contribution in [0.2, 0.25) is 15.1 Å². The fourth-order valence-electron chi connectivity index (χ4n) is 3.29. The normalized spacial score (nSPS) is 18.1. The Labute approximate surface area is 178 Å². The average Bonchev–Trinajstić information content (AvgIpc) is 2.99. The topological polar surface area (TPSA) is 32.7 Å². The van der Waals surface area contributed by atoms with E-state index in [0.717, 1.165) is 11.3 Å². The van der Waals surface area contributed by atoms with Gasteiger partial charge < -0.3 is 0 Å². The Morgan fingerprint density at radius 2 is 1.46 bits per heavy atom. The SMILES string of the molecule is O=C1C(=Nc2cccc(Cl)c2)C[C@H](c2ccc(Cl)cc2)N1c1ccc(Cl)cc1. The second-order valence-electron chi connectivity index (χ2n) is 6.46. The van der Waals surface area contributed by atoms with Crippen LogP contribution in [0.25, 0.3) is 0 Å². The Morgan fingerprint density at radius 3 is 2.11 bits per heavy atom. The molecule has 140 valence electrons. The van der Waals surface area contributed by atoms with E-state index in [1.807, 2.05) is 48.5 Å². The lowest BCUT2D eigenvalue weighted by atomic mass is 10.0. The van der Waals surface area contributed by atoms with Gasteiger partial charge in [-0.3, -0.25) is 9.69 Å². The predicted molar refractivity (Wildman–Crippen MR) is 116 cm³/mol. The average molecular weight is 430 g/mol. The summed E-state index contributed by atoms with van der Waals surface area (Å²) in [6.07, 6.45) is 0.482. The second kappa shape index (κ2) is 7.96. The van der Waals surface area contributed by atoms with Gasteiger partial charge in [-0.2, -0.15) is 0 Å². The number of carbonyl (C=O) groups excluding carboxylic acids is 1. The van der Waals surface area contributed by atoms with E-state index >= 15 is 0 Å². The number of anilines is 1. The van der Waals surface area contributed by atoms with E-state index in [1.165, 1.54) is 0 Å². The molecule has 0 bridgehead atoms. The van der Waals surface area contributed by atoms with Crippen LogP contribution in [0.1, 0.15) is 18.0 Å². The first kappa shape index (κ1) is 19.0. The van der Waals surface area contributed by atoms with Crippen LogP contribution in [-0.2, 0) is 4.79 Å². The van der Waals surface area contributed by atoms with E-state index in [0.29, 0.717) is 32.9 Å². The van der Waals surface area contributed by atoms with Gasteiger partial charge in [0.1, 0.15) is 5.71 Å². The number of halogens is 3. The van der Waals surface area contributed by atoms with E-state index in [2.05, 4.69) is 4.99 Å². The van der Waals surface area contributed by atoms with Crippen LogP contribution >= 0.6 is 34.8 Å². The fourth-order valence-corrected chi connectivity index (χ4v) is 3.72. The number of amides is 1. The summed E-state index contributed by atoms with van der Waals surface area (Å²) in [7, 11) is 0. The zero-order valence-electron chi connectivity index (χ0n) is 14.6. The Kier molecular flexibility index (Phi) is 5.40. The zero-order valence-corrected chi connectivity index (χ0v) is 16.9. The van der Waals surface area contributed by atoms with Crippen molar-refractivity contribution < 1.29 is 4.79 Å². The quantitative estimate of drug-likeness (QED) is 0.446. The predicted octanol–water partition coefficient (Wildman–Crippen LogP) is 6.90. The highest BCUT2D eigenvalue weighted by molar-refractivity contribution is 6.46. The number of nitrogens with zero attached hydrogens (tertiary/aromatic N) is 2. The van der Waals surface area contributed by atoms with Crippen molar-refractivity contribution in [2.75, 3.05) is 4.90 Å². The van der Waals surface area contributed by atoms with Crippen molar-refractivity contribution in [1.82, 2.24) is 0 Å². The molecule has 0 saturated carbocycles. The van der Waals surface area contributed by atoms with Crippen LogP contribution in [0.3, 0.4) is 0 Å². The maximum Gasteiger partial charge on any atom is 0.273 e. The molecule has 1 aliphatic heterocycles. The van der Waals surface area contributed by atoms with Crippen molar-refractivity contribution in [3.05, 3.63) is 93.4 Å². The minimum atomic E-state index is -0.177. The smallest absolute Gasteiger partial charge is 0.273 e. The summed E-state index contributed by atoms with van der Waals surface area (Å²) in [6.45, 7) is 0. The van der Waals surface area contributed by atoms with Crippen LogP contribution in [0.15, 0.2) is 77.8 Å². The summed E-state index contributed by atoms with van der Waals surface area (Å²) in [5.41, 5.74) is 2.90. The Morgan fingerprint density at radius 1 is 0.821 bits per heavy atom. The number of hydrogen-bond donors (Lipinski definition) is 0. The minimum absolute atomic E-state index is 0.137. The minimum Gasteiger partial charge on any atom is -0.299 e. The van der Waals surface area contributed by atoms with E-state index in [-0.39, 0.29) is 11.9 Å². The molecule has 1 fully saturated rings. The third-order valence-corrected chi connectivity index (χ3v) is 5.33. The van der Waals surface area contributed by atoms with Crippen molar-refractivity contribution in [1.29, 1.82) is 0 Å². The molecule has 0 N–H and O–H groups in total. The summed E-state index contributed by atoms with van der Waals surface area (Å²) < 4.78 is 0. The molecule has 1 saturated heterocycles. The monoisotopic (exact) mass is 428 g/mol. The lowest BCUT2D eigenvalue weighted by Crippen LogP contribution is -2.29. The molecule has 3 nitrogen and oxygen atoms in total. The van der Waals surface area contributed by atoms with E-state index < -0.39 is 0 Å². The fraction of sp³-hybridized carbons (Fsp3) is 0.0909. The molecular formula is C22H15Cl3N2O. The third-order valence-electron chi connectivity index (χ3n) is 4.60. The summed E-state index contributed by atoms with van der Waals surface area (Å²) in [6, 6.07) is 21.7. The number of rotatable bonds is 3. The third kappa shape index (κ3) is 3.93. The first-order chi connectivity index (χ1) is 13.5. The van der Waals surface area contributed by atoms with Crippen molar-refractivity contribution in [3.63, 3.8) is 0 Å². The lowest BCUT2D eigenvalue weighted by Gasteiger charge is -2.24. The number of aliphatic imine (C=N–C) groups is 1. The van der Waals surface area contributed by atoms with Gasteiger partial charge in [0.2, 0.25) is 0 Å². The molecule has 3 aromatic rings. The van der Waals surface area contributed by atoms with Crippen molar-refractivity contribution in [3.8, 4) is 0 Å². The maximum absolute atomic E-state index is 13.2. The molecule has 0 radical (unpaired) electrons. The largest absolute Gasteiger partial charge is 0.299 e. The zero-order chi connectivity index (χ0) is 19.7. The molecule has 28 heavy (non-hydrogen) atoms. The molecule has 1 amide bonds. The first-order valence-electron chi connectivity index (χ1n) is 8.69. The second-order valence-corrected chi connectivity index (χ2v) is 7.77. The number of benzene rings is 3. The van der Waals surface area contributed by atoms with E-state index in [9.17, 15) is 4.79 Å². The molecular weight excluding hydrogens is 415 g/mol. The van der Waals surface area contributed by atoms with E-state index in [1.54, 1.807) is 29.2 Å². The highest BCUT2D eigenvalue weighted by Crippen LogP contribution is 2.37. The van der Waals surface area contributed by atoms with Gasteiger partial charge in [-0.1, -0.05) is 53.0 Å². The van der Waals surface area contributed by atoms with Gasteiger partial charge in [0, 0.05) is 27.2 Å². The van der Waals surface area contributed by atoms with Gasteiger partial charge in [0.05, 0.1) is 11.7 Å². The van der Waals surface area contributed by atoms with Gasteiger partial charge in [-0.15, -0.1) is 0 Å². The van der Waals surface area contributed by atoms with Crippen molar-refractivity contribution in [2.24, 2.45) is 4.99 Å². The highest BCUT2D eigenvalue weighted by Gasteiger charge is 2.38. The molecule has 1 aliphatic rings. The molecule has 1 atom stereocenters. The van der Waals surface area contributed by atoms with Gasteiger partial charge in [0.25, 0.3) is 5.91 Å². The van der Waals surface area contributed by atoms with Gasteiger partial charge in [0.15, 0.2) is 0 Å². The first-order valence-corrected chi connectivity index (χ1v) is 9.82. The summed E-state index contributed by atoms with van der Waals surface area (Å²) in [5.74, 6) is -0.137. The van der Waals surface area contributed by atoms with Crippen LogP contribution in [0.4, 0.5) is 11.4 Å². The van der Waals surface area contributed by atoms with Crippen LogP contribution < -0.4 is 4.90 Å². The highest BCUT2D eigenvalue weighted by atomic mass is 35.5. The molecule has 6 heteroatoms. The Bertz CT molecular complexity index is 1050. The number of hydrogen-bond acceptors (Lipinski definition) is 2. The van der Waals surface area contributed by atoms with Crippen molar-refractivity contribution in [2.45, 2.75) is 12.5 Å². The maximum atomic E-state index is 13.2. The molecule has 1 heterocycles. The molecule has 0 aliphatic carbocycles. The van der Waals surface area contributed by atoms with Crippen LogP contribution in [0, 0.1) is 0 Å². The summed E-state index contributed by atoms with van der Waals surface area (Å²) in [4.78, 5) is 19.6. The lowest BCUT2D eigenvalue weighted by molar-refractivity contribution is -0.112. The standard InChI is InChI=1S/C22H15Cl3N2O/c23-15-6-4-14(5-7-15)21-13-20(26-18-3-1-2-17(25)12-18)22(28)27(21)19-10-8-16(24)9-11-19/h1-12,21H,13H2/t21-/m1/s1.